The number of carbonyl (C=O) groups is 2. The van der Waals surface area contributed by atoms with Gasteiger partial charge < -0.3 is 14.4 Å². The van der Waals surface area contributed by atoms with Crippen LogP contribution in [0.1, 0.15) is 28.5 Å². The molecule has 7 heteroatoms. The minimum Gasteiger partial charge on any atom is -0.507 e. The number of likely N-dealkylation sites (tertiary alicyclic amines) is 1. The first-order chi connectivity index (χ1) is 14.4. The number of amides is 1. The molecule has 1 unspecified atom stereocenters. The quantitative estimate of drug-likeness (QED) is 0.362. The molecule has 2 aromatic carbocycles. The smallest absolute Gasteiger partial charge is 0.296 e. The van der Waals surface area contributed by atoms with Gasteiger partial charge in [-0.2, -0.15) is 0 Å². The summed E-state index contributed by atoms with van der Waals surface area (Å²) in [7, 11) is 0. The van der Waals surface area contributed by atoms with Crippen molar-refractivity contribution < 1.29 is 23.5 Å². The average Bonchev–Trinajstić information content (AvgIpc) is 3.32. The summed E-state index contributed by atoms with van der Waals surface area (Å²) in [5.41, 5.74) is 0.928. The lowest BCUT2D eigenvalue weighted by Crippen LogP contribution is -2.29. The van der Waals surface area contributed by atoms with Crippen molar-refractivity contribution in [1.29, 1.82) is 0 Å². The molecule has 2 heterocycles. The van der Waals surface area contributed by atoms with Gasteiger partial charge in [-0.3, -0.25) is 9.59 Å². The first-order valence-corrected chi connectivity index (χ1v) is 9.57. The maximum atomic E-state index is 14.1. The summed E-state index contributed by atoms with van der Waals surface area (Å²) in [6.07, 6.45) is 1.47. The number of rotatable bonds is 4. The molecule has 0 bridgehead atoms. The van der Waals surface area contributed by atoms with Gasteiger partial charge in [-0.15, -0.1) is 0 Å². The molecule has 0 spiro atoms. The fraction of sp³-hybridized carbons (Fsp3) is 0.130. The van der Waals surface area contributed by atoms with E-state index in [4.69, 9.17) is 16.0 Å². The SMILES string of the molecule is Cc1ccc(C(O)=C2C(=O)C(=O)N(Cc3ccco3)C2c2cccc(Cl)c2)cc1F. The second-order valence-corrected chi connectivity index (χ2v) is 7.46. The molecule has 0 aliphatic carbocycles. The van der Waals surface area contributed by atoms with Gasteiger partial charge in [0.05, 0.1) is 24.4 Å². The minimum atomic E-state index is -0.904. The van der Waals surface area contributed by atoms with Gasteiger partial charge in [0.1, 0.15) is 17.3 Å². The summed E-state index contributed by atoms with van der Waals surface area (Å²) in [4.78, 5) is 27.1. The Balaban J connectivity index is 1.89. The normalized spacial score (nSPS) is 18.2. The largest absolute Gasteiger partial charge is 0.507 e. The lowest BCUT2D eigenvalue weighted by molar-refractivity contribution is -0.140. The van der Waals surface area contributed by atoms with E-state index in [9.17, 15) is 19.1 Å². The monoisotopic (exact) mass is 425 g/mol. The van der Waals surface area contributed by atoms with Gasteiger partial charge in [0.2, 0.25) is 0 Å². The molecule has 1 aliphatic heterocycles. The molecule has 5 nitrogen and oxygen atoms in total. The molecule has 1 fully saturated rings. The molecular formula is C23H17ClFNO4. The molecular weight excluding hydrogens is 409 g/mol. The van der Waals surface area contributed by atoms with Crippen molar-refractivity contribution in [2.24, 2.45) is 0 Å². The van der Waals surface area contributed by atoms with E-state index in [2.05, 4.69) is 0 Å². The van der Waals surface area contributed by atoms with Crippen LogP contribution in [0.5, 0.6) is 0 Å². The van der Waals surface area contributed by atoms with Crippen molar-refractivity contribution in [3.63, 3.8) is 0 Å². The standard InChI is InChI=1S/C23H17ClFNO4/c1-13-7-8-15(11-18(13)25)21(27)19-20(14-4-2-5-16(24)10-14)26(23(29)22(19)28)12-17-6-3-9-30-17/h2-11,20,27H,12H2,1H3. The van der Waals surface area contributed by atoms with Gasteiger partial charge in [-0.25, -0.2) is 4.39 Å². The number of hydrogen-bond acceptors (Lipinski definition) is 4. The van der Waals surface area contributed by atoms with E-state index in [1.54, 1.807) is 43.3 Å². The highest BCUT2D eigenvalue weighted by Gasteiger charge is 2.46. The van der Waals surface area contributed by atoms with E-state index in [0.29, 0.717) is 21.9 Å². The van der Waals surface area contributed by atoms with E-state index in [1.807, 2.05) is 0 Å². The maximum Gasteiger partial charge on any atom is 0.296 e. The van der Waals surface area contributed by atoms with Gasteiger partial charge in [0, 0.05) is 10.6 Å². The molecule has 30 heavy (non-hydrogen) atoms. The van der Waals surface area contributed by atoms with Gasteiger partial charge in [-0.1, -0.05) is 35.9 Å². The van der Waals surface area contributed by atoms with E-state index >= 15 is 0 Å². The second-order valence-electron chi connectivity index (χ2n) is 7.03. The lowest BCUT2D eigenvalue weighted by Gasteiger charge is -2.24. The predicted octanol–water partition coefficient (Wildman–Crippen LogP) is 5.00. The zero-order valence-corrected chi connectivity index (χ0v) is 16.7. The van der Waals surface area contributed by atoms with Gasteiger partial charge in [0.15, 0.2) is 0 Å². The average molecular weight is 426 g/mol. The molecule has 1 saturated heterocycles. The molecule has 4 rings (SSSR count). The van der Waals surface area contributed by atoms with Crippen molar-refractivity contribution >= 4 is 29.1 Å². The molecule has 0 saturated carbocycles. The third-order valence-electron chi connectivity index (χ3n) is 5.06. The van der Waals surface area contributed by atoms with E-state index in [1.165, 1.54) is 23.3 Å². The molecule has 3 aromatic rings. The highest BCUT2D eigenvalue weighted by molar-refractivity contribution is 6.46. The second kappa shape index (κ2) is 7.80. The zero-order chi connectivity index (χ0) is 21.4. The van der Waals surface area contributed by atoms with Crippen molar-refractivity contribution in [2.75, 3.05) is 0 Å². The predicted molar refractivity (Wildman–Crippen MR) is 109 cm³/mol. The number of halogens is 2. The molecule has 1 atom stereocenters. The van der Waals surface area contributed by atoms with Crippen LogP contribution in [-0.4, -0.2) is 21.7 Å². The highest BCUT2D eigenvalue weighted by Crippen LogP contribution is 2.41. The van der Waals surface area contributed by atoms with Crippen LogP contribution in [-0.2, 0) is 16.1 Å². The number of Topliss-reactive ketones (excluding diaryl/α,β-unsaturated/α-hetero) is 1. The zero-order valence-electron chi connectivity index (χ0n) is 15.9. The van der Waals surface area contributed by atoms with Crippen LogP contribution in [0.3, 0.4) is 0 Å². The number of hydrogen-bond donors (Lipinski definition) is 1. The van der Waals surface area contributed by atoms with Gasteiger partial charge in [0.25, 0.3) is 11.7 Å². The summed E-state index contributed by atoms with van der Waals surface area (Å²) in [6.45, 7) is 1.61. The van der Waals surface area contributed by atoms with Gasteiger partial charge in [-0.05, 0) is 48.4 Å². The Morgan fingerprint density at radius 3 is 2.63 bits per heavy atom. The summed E-state index contributed by atoms with van der Waals surface area (Å²) in [5.74, 6) is -2.14. The molecule has 1 amide bonds. The Bertz CT molecular complexity index is 1170. The number of benzene rings is 2. The molecule has 1 aromatic heterocycles. The Morgan fingerprint density at radius 2 is 1.97 bits per heavy atom. The number of aryl methyl sites for hydroxylation is 1. The number of aliphatic hydroxyl groups is 1. The van der Waals surface area contributed by atoms with Crippen LogP contribution in [0.4, 0.5) is 4.39 Å². The Hall–Kier alpha value is -3.38. The Labute approximate surface area is 177 Å². The number of carbonyl (C=O) groups excluding carboxylic acids is 2. The van der Waals surface area contributed by atoms with Crippen LogP contribution in [0, 0.1) is 12.7 Å². The number of ketones is 1. The molecule has 1 aliphatic rings. The number of furan rings is 1. The van der Waals surface area contributed by atoms with Crippen LogP contribution >= 0.6 is 11.6 Å². The van der Waals surface area contributed by atoms with Crippen molar-refractivity contribution in [1.82, 2.24) is 4.90 Å². The highest BCUT2D eigenvalue weighted by atomic mass is 35.5. The van der Waals surface area contributed by atoms with E-state index in [-0.39, 0.29) is 17.7 Å². The van der Waals surface area contributed by atoms with Crippen LogP contribution < -0.4 is 0 Å². The maximum absolute atomic E-state index is 14.1. The fourth-order valence-electron chi connectivity index (χ4n) is 3.53. The molecule has 152 valence electrons. The van der Waals surface area contributed by atoms with E-state index < -0.39 is 29.3 Å². The molecule has 1 N–H and O–H groups in total. The summed E-state index contributed by atoms with van der Waals surface area (Å²) < 4.78 is 19.4. The van der Waals surface area contributed by atoms with Crippen LogP contribution in [0.15, 0.2) is 70.9 Å². The van der Waals surface area contributed by atoms with Crippen molar-refractivity contribution in [3.8, 4) is 0 Å². The summed E-state index contributed by atoms with van der Waals surface area (Å²) in [5, 5.41) is 11.3. The minimum absolute atomic E-state index is 0.0216. The topological polar surface area (TPSA) is 70.8 Å². The van der Waals surface area contributed by atoms with Crippen molar-refractivity contribution in [2.45, 2.75) is 19.5 Å². The van der Waals surface area contributed by atoms with Crippen LogP contribution in [0.25, 0.3) is 5.76 Å². The Morgan fingerprint density at radius 1 is 1.17 bits per heavy atom. The lowest BCUT2D eigenvalue weighted by atomic mass is 9.95. The Kier molecular flexibility index (Phi) is 5.18. The van der Waals surface area contributed by atoms with Gasteiger partial charge >= 0.3 is 0 Å². The first kappa shape index (κ1) is 19.9. The van der Waals surface area contributed by atoms with Crippen molar-refractivity contribution in [3.05, 3.63) is 99.7 Å². The fourth-order valence-corrected chi connectivity index (χ4v) is 3.73. The summed E-state index contributed by atoms with van der Waals surface area (Å²) in [6, 6.07) is 13.3. The summed E-state index contributed by atoms with van der Waals surface area (Å²) >= 11 is 6.13. The third kappa shape index (κ3) is 3.50. The first-order valence-electron chi connectivity index (χ1n) is 9.19. The third-order valence-corrected chi connectivity index (χ3v) is 5.29. The van der Waals surface area contributed by atoms with Crippen LogP contribution in [0.2, 0.25) is 5.02 Å². The van der Waals surface area contributed by atoms with E-state index in [0.717, 1.165) is 6.07 Å². The molecule has 0 radical (unpaired) electrons. The number of nitrogens with zero attached hydrogens (tertiary/aromatic N) is 1. The number of aliphatic hydroxyl groups excluding tert-OH is 1.